The SMILES string of the molecule is Cc1ccc(N2C(=O)c3cccc(Cl)c3/C2=N/C(C)(C)CS(C)(=O)=O)c(C)c1. The van der Waals surface area contributed by atoms with Gasteiger partial charge in [0, 0.05) is 11.8 Å². The van der Waals surface area contributed by atoms with Crippen molar-refractivity contribution >= 4 is 38.9 Å². The van der Waals surface area contributed by atoms with Crippen LogP contribution in [0.4, 0.5) is 5.69 Å². The highest BCUT2D eigenvalue weighted by atomic mass is 35.5. The third-order valence-electron chi connectivity index (χ3n) is 4.50. The minimum atomic E-state index is -3.26. The molecule has 1 heterocycles. The average molecular weight is 419 g/mol. The van der Waals surface area contributed by atoms with Gasteiger partial charge < -0.3 is 0 Å². The second-order valence-corrected chi connectivity index (χ2v) is 10.5. The zero-order valence-corrected chi connectivity index (χ0v) is 18.1. The van der Waals surface area contributed by atoms with E-state index in [0.29, 0.717) is 27.7 Å². The highest BCUT2D eigenvalue weighted by Gasteiger charge is 2.39. The number of amides is 1. The van der Waals surface area contributed by atoms with Gasteiger partial charge in [-0.3, -0.25) is 14.7 Å². The van der Waals surface area contributed by atoms with Crippen molar-refractivity contribution in [1.29, 1.82) is 0 Å². The molecule has 2 aromatic carbocycles. The molecule has 0 radical (unpaired) electrons. The maximum absolute atomic E-state index is 13.2. The summed E-state index contributed by atoms with van der Waals surface area (Å²) in [5, 5.41) is 0.409. The average Bonchev–Trinajstić information content (AvgIpc) is 2.79. The lowest BCUT2D eigenvalue weighted by Crippen LogP contribution is -2.36. The van der Waals surface area contributed by atoms with Crippen LogP contribution >= 0.6 is 11.6 Å². The lowest BCUT2D eigenvalue weighted by Gasteiger charge is -2.25. The number of aliphatic imine (C=N–C) groups is 1. The largest absolute Gasteiger partial charge is 0.268 e. The maximum Gasteiger partial charge on any atom is 0.264 e. The number of carbonyl (C=O) groups is 1. The van der Waals surface area contributed by atoms with Crippen LogP contribution in [0.2, 0.25) is 5.02 Å². The molecular weight excluding hydrogens is 396 g/mol. The molecule has 7 heteroatoms. The number of hydrogen-bond acceptors (Lipinski definition) is 4. The Morgan fingerprint density at radius 2 is 1.82 bits per heavy atom. The molecule has 0 spiro atoms. The van der Waals surface area contributed by atoms with E-state index in [4.69, 9.17) is 16.6 Å². The molecule has 28 heavy (non-hydrogen) atoms. The van der Waals surface area contributed by atoms with Crippen LogP contribution < -0.4 is 4.90 Å². The number of carbonyl (C=O) groups excluding carboxylic acids is 1. The minimum absolute atomic E-state index is 0.141. The zero-order chi connectivity index (χ0) is 20.9. The topological polar surface area (TPSA) is 66.8 Å². The number of aryl methyl sites for hydroxylation is 2. The Hall–Kier alpha value is -2.18. The second-order valence-electron chi connectivity index (χ2n) is 7.91. The Morgan fingerprint density at radius 1 is 1.14 bits per heavy atom. The van der Waals surface area contributed by atoms with Gasteiger partial charge in [0.15, 0.2) is 0 Å². The number of halogens is 1. The number of fused-ring (bicyclic) bond motifs is 1. The smallest absolute Gasteiger partial charge is 0.264 e. The minimum Gasteiger partial charge on any atom is -0.268 e. The van der Waals surface area contributed by atoms with E-state index in [-0.39, 0.29) is 11.7 Å². The molecule has 0 aromatic heterocycles. The van der Waals surface area contributed by atoms with Crippen molar-refractivity contribution in [2.45, 2.75) is 33.2 Å². The van der Waals surface area contributed by atoms with Crippen molar-refractivity contribution in [3.8, 4) is 0 Å². The molecule has 0 bridgehead atoms. The molecule has 5 nitrogen and oxygen atoms in total. The summed E-state index contributed by atoms with van der Waals surface area (Å²) < 4.78 is 23.7. The van der Waals surface area contributed by atoms with E-state index in [1.807, 2.05) is 32.0 Å². The van der Waals surface area contributed by atoms with Crippen LogP contribution in [0.15, 0.2) is 41.4 Å². The summed E-state index contributed by atoms with van der Waals surface area (Å²) in [5.74, 6) is 0.0163. The van der Waals surface area contributed by atoms with Crippen LogP contribution in [0.5, 0.6) is 0 Å². The molecule has 148 valence electrons. The van der Waals surface area contributed by atoms with E-state index in [9.17, 15) is 13.2 Å². The van der Waals surface area contributed by atoms with Crippen molar-refractivity contribution in [2.75, 3.05) is 16.9 Å². The number of rotatable bonds is 4. The van der Waals surface area contributed by atoms with Gasteiger partial charge in [-0.05, 0) is 51.5 Å². The maximum atomic E-state index is 13.2. The number of amidine groups is 1. The van der Waals surface area contributed by atoms with Crippen molar-refractivity contribution in [1.82, 2.24) is 0 Å². The Kier molecular flexibility index (Phi) is 5.15. The first kappa shape index (κ1) is 20.6. The van der Waals surface area contributed by atoms with E-state index >= 15 is 0 Å². The molecule has 1 aliphatic rings. The molecule has 0 aliphatic carbocycles. The molecule has 0 atom stereocenters. The quantitative estimate of drug-likeness (QED) is 0.747. The van der Waals surface area contributed by atoms with Crippen molar-refractivity contribution in [3.63, 3.8) is 0 Å². The third kappa shape index (κ3) is 3.98. The summed E-state index contributed by atoms with van der Waals surface area (Å²) >= 11 is 6.43. The van der Waals surface area contributed by atoms with E-state index in [0.717, 1.165) is 11.1 Å². The molecule has 3 rings (SSSR count). The first-order valence-electron chi connectivity index (χ1n) is 8.88. The van der Waals surface area contributed by atoms with Crippen molar-refractivity contribution in [3.05, 3.63) is 63.7 Å². The van der Waals surface area contributed by atoms with Crippen LogP contribution in [-0.4, -0.2) is 37.7 Å². The normalized spacial score (nSPS) is 16.0. The number of anilines is 1. The molecule has 1 amide bonds. The standard InChI is InChI=1S/C21H23ClN2O3S/c1-13-9-10-17(14(2)11-13)24-19(23-21(3,4)12-28(5,26)27)18-15(20(24)25)7-6-8-16(18)22/h6-11H,12H2,1-5H3/b23-19-. The van der Waals surface area contributed by atoms with Crippen molar-refractivity contribution < 1.29 is 13.2 Å². The predicted octanol–water partition coefficient (Wildman–Crippen LogP) is 4.19. The Labute approximate surface area is 171 Å². The molecule has 2 aromatic rings. The van der Waals surface area contributed by atoms with Crippen molar-refractivity contribution in [2.24, 2.45) is 4.99 Å². The summed E-state index contributed by atoms with van der Waals surface area (Å²) in [6.45, 7) is 7.39. The van der Waals surface area contributed by atoms with Gasteiger partial charge in [-0.15, -0.1) is 0 Å². The van der Waals surface area contributed by atoms with Gasteiger partial charge in [-0.1, -0.05) is 35.4 Å². The fourth-order valence-corrected chi connectivity index (χ4v) is 5.21. The molecular formula is C21H23ClN2O3S. The van der Waals surface area contributed by atoms with Gasteiger partial charge >= 0.3 is 0 Å². The van der Waals surface area contributed by atoms with E-state index in [2.05, 4.69) is 0 Å². The Bertz CT molecular complexity index is 1100. The number of nitrogens with zero attached hydrogens (tertiary/aromatic N) is 2. The number of benzene rings is 2. The Morgan fingerprint density at radius 3 is 2.43 bits per heavy atom. The van der Waals surface area contributed by atoms with E-state index < -0.39 is 15.4 Å². The number of sulfone groups is 1. The van der Waals surface area contributed by atoms with Crippen LogP contribution in [-0.2, 0) is 9.84 Å². The van der Waals surface area contributed by atoms with Crippen LogP contribution in [0, 0.1) is 13.8 Å². The van der Waals surface area contributed by atoms with Crippen LogP contribution in [0.3, 0.4) is 0 Å². The van der Waals surface area contributed by atoms with Gasteiger partial charge in [0.05, 0.1) is 27.6 Å². The molecule has 0 saturated carbocycles. The Balaban J connectivity index is 2.25. The van der Waals surface area contributed by atoms with Gasteiger partial charge in [-0.2, -0.15) is 0 Å². The van der Waals surface area contributed by atoms with E-state index in [1.165, 1.54) is 11.2 Å². The molecule has 0 N–H and O–H groups in total. The van der Waals surface area contributed by atoms with Gasteiger partial charge in [0.1, 0.15) is 15.7 Å². The summed E-state index contributed by atoms with van der Waals surface area (Å²) in [6.07, 6.45) is 1.18. The second kappa shape index (κ2) is 7.01. The van der Waals surface area contributed by atoms with Gasteiger partial charge in [0.2, 0.25) is 0 Å². The molecule has 0 fully saturated rings. The molecule has 1 aliphatic heterocycles. The van der Waals surface area contributed by atoms with E-state index in [1.54, 1.807) is 32.0 Å². The van der Waals surface area contributed by atoms with Crippen LogP contribution in [0.1, 0.15) is 40.9 Å². The summed E-state index contributed by atoms with van der Waals surface area (Å²) in [5.41, 5.74) is 2.78. The lowest BCUT2D eigenvalue weighted by molar-refractivity contribution is 0.101. The fraction of sp³-hybridized carbons (Fsp3) is 0.333. The highest BCUT2D eigenvalue weighted by Crippen LogP contribution is 2.36. The fourth-order valence-electron chi connectivity index (χ4n) is 3.60. The zero-order valence-electron chi connectivity index (χ0n) is 16.6. The summed E-state index contributed by atoms with van der Waals surface area (Å²) in [6, 6.07) is 10.9. The lowest BCUT2D eigenvalue weighted by atomic mass is 10.1. The monoisotopic (exact) mass is 418 g/mol. The first-order chi connectivity index (χ1) is 12.9. The summed E-state index contributed by atoms with van der Waals surface area (Å²) in [4.78, 5) is 19.5. The van der Waals surface area contributed by atoms with Crippen LogP contribution in [0.25, 0.3) is 0 Å². The highest BCUT2D eigenvalue weighted by molar-refractivity contribution is 7.90. The predicted molar refractivity (Wildman–Crippen MR) is 115 cm³/mol. The third-order valence-corrected chi connectivity index (χ3v) is 6.05. The number of hydrogen-bond donors (Lipinski definition) is 0. The van der Waals surface area contributed by atoms with Gasteiger partial charge in [0.25, 0.3) is 5.91 Å². The van der Waals surface area contributed by atoms with Gasteiger partial charge in [-0.25, -0.2) is 8.42 Å². The first-order valence-corrected chi connectivity index (χ1v) is 11.3. The molecule has 0 unspecified atom stereocenters. The summed E-state index contributed by atoms with van der Waals surface area (Å²) in [7, 11) is -3.26. The molecule has 0 saturated heterocycles.